The average molecular weight is 409 g/mol. The molecule has 0 bridgehead atoms. The number of imidazole rings is 1. The Morgan fingerprint density at radius 3 is 2.19 bits per heavy atom. The topological polar surface area (TPSA) is 68.2 Å². The summed E-state index contributed by atoms with van der Waals surface area (Å²) in [6.07, 6.45) is 4.18. The number of hydrogen-bond donors (Lipinski definition) is 1. The van der Waals surface area contributed by atoms with Crippen molar-refractivity contribution in [2.75, 3.05) is 0 Å². The van der Waals surface area contributed by atoms with Gasteiger partial charge in [-0.25, -0.2) is 4.98 Å². The van der Waals surface area contributed by atoms with Crippen molar-refractivity contribution in [3.8, 4) is 22.5 Å². The summed E-state index contributed by atoms with van der Waals surface area (Å²) in [6.45, 7) is 5.41. The minimum absolute atomic E-state index is 0.569. The number of fused-ring (bicyclic) bond motifs is 1. The largest absolute Gasteiger partial charge is 0.339 e. The fraction of sp³-hybridized carbons (Fsp3) is 0.160. The van der Waals surface area contributed by atoms with Gasteiger partial charge in [-0.2, -0.15) is 4.98 Å². The molecule has 5 aromatic rings. The summed E-state index contributed by atoms with van der Waals surface area (Å²) in [5.74, 6) is 1.19. The molecule has 3 aromatic heterocycles. The number of rotatable bonds is 6. The Bertz CT molecular complexity index is 1320. The van der Waals surface area contributed by atoms with Crippen molar-refractivity contribution < 1.29 is 4.52 Å². The molecule has 0 unspecified atom stereocenters. The Labute approximate surface area is 180 Å². The highest BCUT2D eigenvalue weighted by Crippen LogP contribution is 2.24. The predicted octanol–water partition coefficient (Wildman–Crippen LogP) is 4.96. The number of benzene rings is 2. The summed E-state index contributed by atoms with van der Waals surface area (Å²) in [7, 11) is 0. The van der Waals surface area contributed by atoms with Gasteiger partial charge in [0.05, 0.1) is 5.69 Å². The van der Waals surface area contributed by atoms with E-state index in [0.717, 1.165) is 35.6 Å². The maximum Gasteiger partial charge on any atom is 0.223 e. The number of aromatic nitrogens is 4. The second-order valence-electron chi connectivity index (χ2n) is 7.72. The van der Waals surface area contributed by atoms with Crippen molar-refractivity contribution in [3.63, 3.8) is 0 Å². The van der Waals surface area contributed by atoms with Crippen molar-refractivity contribution in [2.24, 2.45) is 0 Å². The third-order valence-electron chi connectivity index (χ3n) is 5.24. The number of nitrogens with zero attached hydrogens (tertiary/aromatic N) is 4. The van der Waals surface area contributed by atoms with E-state index in [1.807, 2.05) is 18.2 Å². The molecule has 0 aliphatic rings. The van der Waals surface area contributed by atoms with E-state index in [4.69, 9.17) is 4.52 Å². The fourth-order valence-corrected chi connectivity index (χ4v) is 3.62. The summed E-state index contributed by atoms with van der Waals surface area (Å²) >= 11 is 0. The van der Waals surface area contributed by atoms with Gasteiger partial charge in [0.25, 0.3) is 0 Å². The second kappa shape index (κ2) is 8.16. The Morgan fingerprint density at radius 2 is 1.48 bits per heavy atom. The van der Waals surface area contributed by atoms with Gasteiger partial charge in [-0.05, 0) is 35.2 Å². The van der Waals surface area contributed by atoms with Gasteiger partial charge in [0.15, 0.2) is 0 Å². The zero-order chi connectivity index (χ0) is 21.2. The van der Waals surface area contributed by atoms with Gasteiger partial charge in [-0.1, -0.05) is 59.8 Å². The van der Waals surface area contributed by atoms with Crippen LogP contribution < -0.4 is 5.32 Å². The van der Waals surface area contributed by atoms with Crippen molar-refractivity contribution in [1.29, 1.82) is 0 Å². The lowest BCUT2D eigenvalue weighted by molar-refractivity contribution is 0.394. The van der Waals surface area contributed by atoms with E-state index in [1.165, 1.54) is 16.7 Å². The Kier molecular flexibility index (Phi) is 5.06. The number of aryl methyl sites for hydroxylation is 2. The van der Waals surface area contributed by atoms with Crippen LogP contribution in [-0.4, -0.2) is 19.5 Å². The predicted molar refractivity (Wildman–Crippen MR) is 120 cm³/mol. The quantitative estimate of drug-likeness (QED) is 0.429. The van der Waals surface area contributed by atoms with Crippen LogP contribution in [-0.2, 0) is 13.1 Å². The number of hydrogen-bond acceptors (Lipinski definition) is 5. The van der Waals surface area contributed by atoms with Crippen molar-refractivity contribution in [3.05, 3.63) is 95.8 Å². The monoisotopic (exact) mass is 409 g/mol. The van der Waals surface area contributed by atoms with Gasteiger partial charge in [-0.15, -0.1) is 0 Å². The first-order valence-corrected chi connectivity index (χ1v) is 10.3. The highest BCUT2D eigenvalue weighted by atomic mass is 16.5. The molecule has 6 nitrogen and oxygen atoms in total. The molecule has 0 saturated carbocycles. The summed E-state index contributed by atoms with van der Waals surface area (Å²) in [6, 6.07) is 21.0. The summed E-state index contributed by atoms with van der Waals surface area (Å²) < 4.78 is 7.13. The lowest BCUT2D eigenvalue weighted by atomic mass is 10.0. The van der Waals surface area contributed by atoms with Crippen LogP contribution in [0.25, 0.3) is 28.2 Å². The van der Waals surface area contributed by atoms with E-state index in [9.17, 15) is 0 Å². The summed E-state index contributed by atoms with van der Waals surface area (Å²) in [4.78, 5) is 8.93. The SMILES string of the molecule is Cc1ccc2nc(CNCc3ccc(-c4ccc(-c5noc(C)n5)cc4)cc3)cn2c1. The molecule has 0 spiro atoms. The van der Waals surface area contributed by atoms with Crippen LogP contribution in [0.3, 0.4) is 0 Å². The number of pyridine rings is 1. The van der Waals surface area contributed by atoms with Gasteiger partial charge < -0.3 is 14.2 Å². The van der Waals surface area contributed by atoms with E-state index in [1.54, 1.807) is 6.92 Å². The van der Waals surface area contributed by atoms with E-state index in [2.05, 4.69) is 86.6 Å². The van der Waals surface area contributed by atoms with Gasteiger partial charge >= 0.3 is 0 Å². The van der Waals surface area contributed by atoms with Crippen molar-refractivity contribution in [2.45, 2.75) is 26.9 Å². The molecule has 0 aliphatic carbocycles. The Balaban J connectivity index is 1.20. The van der Waals surface area contributed by atoms with Gasteiger partial charge in [0.1, 0.15) is 5.65 Å². The molecule has 154 valence electrons. The van der Waals surface area contributed by atoms with Crippen LogP contribution in [0, 0.1) is 13.8 Å². The molecule has 2 aromatic carbocycles. The van der Waals surface area contributed by atoms with Crippen LogP contribution in [0.4, 0.5) is 0 Å². The zero-order valence-electron chi connectivity index (χ0n) is 17.5. The first-order valence-electron chi connectivity index (χ1n) is 10.3. The zero-order valence-corrected chi connectivity index (χ0v) is 17.5. The van der Waals surface area contributed by atoms with Gasteiger partial charge in [-0.3, -0.25) is 0 Å². The third kappa shape index (κ3) is 4.25. The Hall–Kier alpha value is -3.77. The highest BCUT2D eigenvalue weighted by Gasteiger charge is 2.06. The Morgan fingerprint density at radius 1 is 0.774 bits per heavy atom. The minimum Gasteiger partial charge on any atom is -0.339 e. The third-order valence-corrected chi connectivity index (χ3v) is 5.24. The molecular weight excluding hydrogens is 386 g/mol. The van der Waals surface area contributed by atoms with Crippen LogP contribution in [0.5, 0.6) is 0 Å². The molecule has 0 aliphatic heterocycles. The molecule has 0 radical (unpaired) electrons. The molecule has 6 heteroatoms. The van der Waals surface area contributed by atoms with Crippen LogP contribution in [0.1, 0.15) is 22.7 Å². The van der Waals surface area contributed by atoms with Crippen molar-refractivity contribution in [1.82, 2.24) is 24.8 Å². The van der Waals surface area contributed by atoms with Crippen LogP contribution in [0.15, 0.2) is 77.6 Å². The number of nitrogens with one attached hydrogen (secondary N) is 1. The lowest BCUT2D eigenvalue weighted by Crippen LogP contribution is -2.12. The van der Waals surface area contributed by atoms with Crippen molar-refractivity contribution >= 4 is 5.65 Å². The lowest BCUT2D eigenvalue weighted by Gasteiger charge is -2.06. The fourth-order valence-electron chi connectivity index (χ4n) is 3.62. The maximum absolute atomic E-state index is 5.06. The minimum atomic E-state index is 0.569. The molecule has 3 heterocycles. The first kappa shape index (κ1) is 19.2. The van der Waals surface area contributed by atoms with E-state index >= 15 is 0 Å². The molecule has 1 N–H and O–H groups in total. The van der Waals surface area contributed by atoms with Crippen LogP contribution >= 0.6 is 0 Å². The molecular formula is C25H23N5O. The highest BCUT2D eigenvalue weighted by molar-refractivity contribution is 5.67. The first-order chi connectivity index (χ1) is 15.1. The van der Waals surface area contributed by atoms with E-state index in [-0.39, 0.29) is 0 Å². The molecule has 5 rings (SSSR count). The van der Waals surface area contributed by atoms with E-state index < -0.39 is 0 Å². The molecule has 0 amide bonds. The second-order valence-corrected chi connectivity index (χ2v) is 7.72. The summed E-state index contributed by atoms with van der Waals surface area (Å²) in [5, 5.41) is 7.45. The maximum atomic E-state index is 5.06. The van der Waals surface area contributed by atoms with E-state index in [0.29, 0.717) is 11.7 Å². The van der Waals surface area contributed by atoms with Crippen LogP contribution in [0.2, 0.25) is 0 Å². The van der Waals surface area contributed by atoms with Gasteiger partial charge in [0, 0.05) is 38.0 Å². The standard InChI is InChI=1S/C25H23N5O/c1-17-3-12-24-28-23(16-30(24)15-17)14-26-13-19-4-6-20(7-5-19)21-8-10-22(11-9-21)25-27-18(2)31-29-25/h3-12,15-16,26H,13-14H2,1-2H3. The van der Waals surface area contributed by atoms with Gasteiger partial charge in [0.2, 0.25) is 11.7 Å². The normalized spacial score (nSPS) is 11.3. The molecule has 0 atom stereocenters. The molecule has 0 saturated heterocycles. The molecule has 0 fully saturated rings. The average Bonchev–Trinajstić information content (AvgIpc) is 3.40. The molecule has 31 heavy (non-hydrogen) atoms. The smallest absolute Gasteiger partial charge is 0.223 e. The summed E-state index contributed by atoms with van der Waals surface area (Å²) in [5.41, 5.74) is 7.76.